The maximum atomic E-state index is 2.35. The zero-order valence-corrected chi connectivity index (χ0v) is 18.8. The van der Waals surface area contributed by atoms with Crippen LogP contribution in [-0.2, 0) is 0 Å². The van der Waals surface area contributed by atoms with Crippen LogP contribution in [0.5, 0.6) is 0 Å². The van der Waals surface area contributed by atoms with Gasteiger partial charge in [-0.1, -0.05) is 48.5 Å². The van der Waals surface area contributed by atoms with Crippen molar-refractivity contribution in [3.8, 4) is 19.5 Å². The van der Waals surface area contributed by atoms with Gasteiger partial charge in [0.1, 0.15) is 0 Å². The van der Waals surface area contributed by atoms with Gasteiger partial charge in [0, 0.05) is 35.2 Å². The van der Waals surface area contributed by atoms with Crippen molar-refractivity contribution >= 4 is 51.4 Å². The third-order valence-electron chi connectivity index (χ3n) is 4.70. The Balaban J connectivity index is 1.46. The van der Waals surface area contributed by atoms with E-state index < -0.39 is 0 Å². The minimum atomic E-state index is 0.266. The van der Waals surface area contributed by atoms with Gasteiger partial charge in [0.15, 0.2) is 0 Å². The highest BCUT2D eigenvalue weighted by molar-refractivity contribution is 7.22. The Bertz CT molecular complexity index is 1190. The van der Waals surface area contributed by atoms with Crippen LogP contribution in [0.4, 0.5) is 0 Å². The average Bonchev–Trinajstić information content (AvgIpc) is 3.56. The van der Waals surface area contributed by atoms with E-state index in [4.69, 9.17) is 0 Å². The molecular formula is C25H18S4. The van der Waals surface area contributed by atoms with Gasteiger partial charge in [0.05, 0.1) is 0 Å². The summed E-state index contributed by atoms with van der Waals surface area (Å²) >= 11 is 7.35. The minimum absolute atomic E-state index is 0.266. The van der Waals surface area contributed by atoms with Crippen molar-refractivity contribution in [1.82, 2.24) is 0 Å². The molecular weight excluding hydrogens is 429 g/mol. The van der Waals surface area contributed by atoms with E-state index in [2.05, 4.69) is 102 Å². The summed E-state index contributed by atoms with van der Waals surface area (Å²) in [5.74, 6) is 0.266. The van der Waals surface area contributed by atoms with Crippen LogP contribution in [0.15, 0.2) is 95.7 Å². The lowest BCUT2D eigenvalue weighted by atomic mass is 9.97. The first-order valence-corrected chi connectivity index (χ1v) is 12.8. The lowest BCUT2D eigenvalue weighted by Crippen LogP contribution is -1.94. The molecule has 0 aliphatic rings. The molecule has 0 radical (unpaired) electrons. The number of hydrogen-bond donors (Lipinski definition) is 0. The number of allylic oxidation sites excluding steroid dienone is 1. The molecule has 5 rings (SSSR count). The lowest BCUT2D eigenvalue weighted by molar-refractivity contribution is 1.07. The SMILES string of the molecule is C(=C\C(c1ccccc1)c1ccc(-c2cccs2)s1)/c1ccc(-c2cccs2)s1. The van der Waals surface area contributed by atoms with Crippen LogP contribution in [0.3, 0.4) is 0 Å². The van der Waals surface area contributed by atoms with E-state index in [0.717, 1.165) is 0 Å². The maximum absolute atomic E-state index is 2.35. The molecule has 0 fully saturated rings. The Morgan fingerprint density at radius 3 is 1.97 bits per heavy atom. The summed E-state index contributed by atoms with van der Waals surface area (Å²) in [6, 6.07) is 28.4. The molecule has 0 aliphatic heterocycles. The Morgan fingerprint density at radius 1 is 0.586 bits per heavy atom. The van der Waals surface area contributed by atoms with Gasteiger partial charge in [-0.15, -0.1) is 45.3 Å². The van der Waals surface area contributed by atoms with Crippen molar-refractivity contribution in [2.45, 2.75) is 5.92 Å². The van der Waals surface area contributed by atoms with Crippen LogP contribution in [-0.4, -0.2) is 0 Å². The number of hydrogen-bond acceptors (Lipinski definition) is 4. The second-order valence-electron chi connectivity index (χ2n) is 6.61. The van der Waals surface area contributed by atoms with Crippen LogP contribution in [0, 0.1) is 0 Å². The predicted molar refractivity (Wildman–Crippen MR) is 133 cm³/mol. The Kier molecular flexibility index (Phi) is 5.59. The lowest BCUT2D eigenvalue weighted by Gasteiger charge is -2.11. The smallest absolute Gasteiger partial charge is 0.0448 e. The topological polar surface area (TPSA) is 0 Å². The largest absolute Gasteiger partial charge is 0.143 e. The summed E-state index contributed by atoms with van der Waals surface area (Å²) in [5.41, 5.74) is 1.33. The van der Waals surface area contributed by atoms with Gasteiger partial charge in [-0.2, -0.15) is 0 Å². The van der Waals surface area contributed by atoms with E-state index >= 15 is 0 Å². The standard InChI is InChI=1S/C25H18S4/c1-2-6-18(7-3-1)20(21-14-15-25(29-21)23-9-5-17-27-23)12-10-19-11-13-24(28-19)22-8-4-16-26-22/h1-17,20H/b12-10+. The summed E-state index contributed by atoms with van der Waals surface area (Å²) in [6.07, 6.45) is 4.63. The summed E-state index contributed by atoms with van der Waals surface area (Å²) in [7, 11) is 0. The molecule has 0 N–H and O–H groups in total. The van der Waals surface area contributed by atoms with E-state index in [1.165, 1.54) is 34.8 Å². The molecule has 1 atom stereocenters. The molecule has 4 heteroatoms. The minimum Gasteiger partial charge on any atom is -0.143 e. The normalized spacial score (nSPS) is 12.6. The van der Waals surface area contributed by atoms with Crippen LogP contribution in [0.1, 0.15) is 21.2 Å². The highest BCUT2D eigenvalue weighted by Crippen LogP contribution is 2.38. The second kappa shape index (κ2) is 8.64. The molecule has 142 valence electrons. The molecule has 5 aromatic rings. The van der Waals surface area contributed by atoms with Gasteiger partial charge < -0.3 is 0 Å². The quantitative estimate of drug-likeness (QED) is 0.244. The van der Waals surface area contributed by atoms with Crippen LogP contribution in [0.2, 0.25) is 0 Å². The van der Waals surface area contributed by atoms with E-state index in [1.54, 1.807) is 22.7 Å². The second-order valence-corrected chi connectivity index (χ2v) is 10.7. The first-order valence-electron chi connectivity index (χ1n) is 9.37. The maximum Gasteiger partial charge on any atom is 0.0448 e. The molecule has 0 saturated heterocycles. The summed E-state index contributed by atoms with van der Waals surface area (Å²) in [4.78, 5) is 8.05. The molecule has 0 aliphatic carbocycles. The van der Waals surface area contributed by atoms with Crippen LogP contribution < -0.4 is 0 Å². The molecule has 4 aromatic heterocycles. The fourth-order valence-corrected chi connectivity index (χ4v) is 6.99. The van der Waals surface area contributed by atoms with E-state index in [9.17, 15) is 0 Å². The van der Waals surface area contributed by atoms with Gasteiger partial charge in [-0.05, 0) is 58.8 Å². The van der Waals surface area contributed by atoms with Gasteiger partial charge in [0.2, 0.25) is 0 Å². The third-order valence-corrected chi connectivity index (χ3v) is 9.05. The predicted octanol–water partition coefficient (Wildman–Crippen LogP) is 9.11. The number of benzene rings is 1. The third kappa shape index (κ3) is 4.21. The van der Waals surface area contributed by atoms with Crippen molar-refractivity contribution in [3.63, 3.8) is 0 Å². The zero-order valence-electron chi connectivity index (χ0n) is 15.5. The van der Waals surface area contributed by atoms with E-state index in [-0.39, 0.29) is 5.92 Å². The molecule has 4 heterocycles. The highest BCUT2D eigenvalue weighted by Gasteiger charge is 2.15. The number of thiophene rings is 4. The Labute approximate surface area is 187 Å². The van der Waals surface area contributed by atoms with E-state index in [0.29, 0.717) is 0 Å². The Morgan fingerprint density at radius 2 is 1.28 bits per heavy atom. The molecule has 0 saturated carbocycles. The zero-order chi connectivity index (χ0) is 19.5. The van der Waals surface area contributed by atoms with Crippen molar-refractivity contribution < 1.29 is 0 Å². The molecule has 1 unspecified atom stereocenters. The fraction of sp³-hybridized carbons (Fsp3) is 0.0400. The first-order chi connectivity index (χ1) is 14.4. The average molecular weight is 447 g/mol. The molecule has 0 spiro atoms. The van der Waals surface area contributed by atoms with Gasteiger partial charge >= 0.3 is 0 Å². The van der Waals surface area contributed by atoms with Crippen molar-refractivity contribution in [2.24, 2.45) is 0 Å². The molecule has 0 bridgehead atoms. The summed E-state index contributed by atoms with van der Waals surface area (Å²) in [6.45, 7) is 0. The van der Waals surface area contributed by atoms with Crippen molar-refractivity contribution in [1.29, 1.82) is 0 Å². The molecule has 29 heavy (non-hydrogen) atoms. The summed E-state index contributed by atoms with van der Waals surface area (Å²) in [5, 5.41) is 4.28. The van der Waals surface area contributed by atoms with Crippen molar-refractivity contribution in [2.75, 3.05) is 0 Å². The molecule has 1 aromatic carbocycles. The van der Waals surface area contributed by atoms with Crippen molar-refractivity contribution in [3.05, 3.63) is 111 Å². The highest BCUT2D eigenvalue weighted by atomic mass is 32.1. The monoisotopic (exact) mass is 446 g/mol. The fourth-order valence-electron chi connectivity index (χ4n) is 3.29. The first kappa shape index (κ1) is 18.8. The summed E-state index contributed by atoms with van der Waals surface area (Å²) < 4.78 is 0. The van der Waals surface area contributed by atoms with Crippen LogP contribution in [0.25, 0.3) is 25.6 Å². The Hall–Kier alpha value is -2.24. The molecule has 0 nitrogen and oxygen atoms in total. The van der Waals surface area contributed by atoms with Gasteiger partial charge in [-0.25, -0.2) is 0 Å². The van der Waals surface area contributed by atoms with Crippen LogP contribution >= 0.6 is 45.3 Å². The number of rotatable bonds is 6. The van der Waals surface area contributed by atoms with E-state index in [1.807, 2.05) is 22.7 Å². The van der Waals surface area contributed by atoms with Gasteiger partial charge in [0.25, 0.3) is 0 Å². The molecule has 0 amide bonds. The van der Waals surface area contributed by atoms with Gasteiger partial charge in [-0.3, -0.25) is 0 Å².